The molecule has 1 unspecified atom stereocenters. The molecule has 98 valence electrons. The van der Waals surface area contributed by atoms with Crippen LogP contribution in [0, 0.1) is 5.41 Å². The van der Waals surface area contributed by atoms with E-state index in [0.29, 0.717) is 6.54 Å². The van der Waals surface area contributed by atoms with Gasteiger partial charge in [0, 0.05) is 26.3 Å². The van der Waals surface area contributed by atoms with Crippen molar-refractivity contribution in [3.05, 3.63) is 23.9 Å². The van der Waals surface area contributed by atoms with Crippen LogP contribution in [0.4, 0.5) is 5.82 Å². The van der Waals surface area contributed by atoms with Gasteiger partial charge in [-0.1, -0.05) is 6.07 Å². The van der Waals surface area contributed by atoms with Gasteiger partial charge in [0.2, 0.25) is 5.91 Å². The maximum Gasteiger partial charge on any atom is 0.227 e. The number of carbonyl (C=O) groups is 1. The molecule has 1 aliphatic rings. The first-order valence-electron chi connectivity index (χ1n) is 6.12. The molecule has 2 N–H and O–H groups in total. The minimum absolute atomic E-state index is 0.00321. The fourth-order valence-corrected chi connectivity index (χ4v) is 2.34. The van der Waals surface area contributed by atoms with Crippen LogP contribution in [-0.2, 0) is 11.4 Å². The molecule has 2 rings (SSSR count). The van der Waals surface area contributed by atoms with E-state index >= 15 is 0 Å². The molecule has 1 atom stereocenters. The van der Waals surface area contributed by atoms with Crippen LogP contribution in [0.15, 0.2) is 18.3 Å². The number of amides is 1. The highest BCUT2D eigenvalue weighted by molar-refractivity contribution is 5.83. The number of hydrogen-bond donors (Lipinski definition) is 2. The van der Waals surface area contributed by atoms with Crippen LogP contribution in [-0.4, -0.2) is 36.1 Å². The number of nitrogens with one attached hydrogen (secondary N) is 1. The van der Waals surface area contributed by atoms with Crippen LogP contribution in [0.2, 0.25) is 0 Å². The Hall–Kier alpha value is -1.62. The minimum Gasteiger partial charge on any atom is -0.392 e. The first-order chi connectivity index (χ1) is 8.59. The molecule has 0 saturated carbocycles. The van der Waals surface area contributed by atoms with Gasteiger partial charge in [-0.05, 0) is 25.0 Å². The van der Waals surface area contributed by atoms with E-state index in [0.717, 1.165) is 24.3 Å². The van der Waals surface area contributed by atoms with Crippen molar-refractivity contribution in [1.29, 1.82) is 0 Å². The normalized spacial score (nSPS) is 23.2. The lowest BCUT2D eigenvalue weighted by Gasteiger charge is -2.23. The largest absolute Gasteiger partial charge is 0.392 e. The summed E-state index contributed by atoms with van der Waals surface area (Å²) in [5.41, 5.74) is 0.457. The molecular formula is C13H19N3O2. The molecule has 1 amide bonds. The second-order valence-corrected chi connectivity index (χ2v) is 4.99. The third kappa shape index (κ3) is 2.31. The summed E-state index contributed by atoms with van der Waals surface area (Å²) >= 11 is 0. The van der Waals surface area contributed by atoms with Crippen molar-refractivity contribution in [3.63, 3.8) is 0 Å². The van der Waals surface area contributed by atoms with Crippen molar-refractivity contribution in [1.82, 2.24) is 10.3 Å². The average molecular weight is 249 g/mol. The predicted octanol–water partition coefficient (Wildman–Crippen LogP) is 0.536. The molecule has 1 aromatic heterocycles. The third-order valence-electron chi connectivity index (χ3n) is 3.56. The number of anilines is 1. The Kier molecular flexibility index (Phi) is 3.52. The molecule has 5 heteroatoms. The number of aliphatic hydroxyl groups is 1. The topological polar surface area (TPSA) is 65.5 Å². The summed E-state index contributed by atoms with van der Waals surface area (Å²) in [5, 5.41) is 11.7. The number of aromatic nitrogens is 1. The number of rotatable bonds is 3. The van der Waals surface area contributed by atoms with E-state index < -0.39 is 0 Å². The molecule has 0 radical (unpaired) electrons. The Morgan fingerprint density at radius 1 is 1.61 bits per heavy atom. The van der Waals surface area contributed by atoms with Crippen molar-refractivity contribution in [3.8, 4) is 0 Å². The van der Waals surface area contributed by atoms with Crippen molar-refractivity contribution >= 4 is 11.7 Å². The van der Waals surface area contributed by atoms with E-state index in [9.17, 15) is 4.79 Å². The van der Waals surface area contributed by atoms with Gasteiger partial charge in [0.1, 0.15) is 5.82 Å². The molecule has 18 heavy (non-hydrogen) atoms. The smallest absolute Gasteiger partial charge is 0.227 e. The van der Waals surface area contributed by atoms with E-state index in [4.69, 9.17) is 5.11 Å². The number of pyridine rings is 1. The fraction of sp³-hybridized carbons (Fsp3) is 0.538. The lowest BCUT2D eigenvalue weighted by molar-refractivity contribution is -0.128. The molecule has 0 spiro atoms. The molecule has 5 nitrogen and oxygen atoms in total. The Morgan fingerprint density at radius 2 is 2.39 bits per heavy atom. The lowest BCUT2D eigenvalue weighted by atomic mass is 9.89. The molecule has 1 fully saturated rings. The van der Waals surface area contributed by atoms with Crippen molar-refractivity contribution in [2.45, 2.75) is 20.0 Å². The van der Waals surface area contributed by atoms with Gasteiger partial charge in [0.15, 0.2) is 0 Å². The summed E-state index contributed by atoms with van der Waals surface area (Å²) in [7, 11) is 1.67. The van der Waals surface area contributed by atoms with Gasteiger partial charge in [-0.15, -0.1) is 0 Å². The zero-order valence-corrected chi connectivity index (χ0v) is 10.8. The van der Waals surface area contributed by atoms with Gasteiger partial charge in [0.05, 0.1) is 12.0 Å². The molecule has 1 saturated heterocycles. The molecular weight excluding hydrogens is 230 g/mol. The molecule has 2 heterocycles. The van der Waals surface area contributed by atoms with E-state index in [-0.39, 0.29) is 17.9 Å². The van der Waals surface area contributed by atoms with Crippen LogP contribution in [0.25, 0.3) is 0 Å². The summed E-state index contributed by atoms with van der Waals surface area (Å²) in [6, 6.07) is 3.75. The second-order valence-electron chi connectivity index (χ2n) is 4.99. The van der Waals surface area contributed by atoms with Crippen molar-refractivity contribution in [2.75, 3.05) is 25.0 Å². The first kappa shape index (κ1) is 12.8. The van der Waals surface area contributed by atoms with Crippen LogP contribution < -0.4 is 10.2 Å². The van der Waals surface area contributed by atoms with Gasteiger partial charge in [-0.3, -0.25) is 4.79 Å². The van der Waals surface area contributed by atoms with Gasteiger partial charge < -0.3 is 15.3 Å². The zero-order chi connectivity index (χ0) is 13.2. The number of hydrogen-bond acceptors (Lipinski definition) is 4. The molecule has 0 aliphatic carbocycles. The SMILES string of the molecule is CNC(=O)C1(C)CCN(c2ccc(CO)cn2)C1. The highest BCUT2D eigenvalue weighted by atomic mass is 16.3. The number of nitrogens with zero attached hydrogens (tertiary/aromatic N) is 2. The summed E-state index contributed by atoms with van der Waals surface area (Å²) in [5.74, 6) is 0.941. The van der Waals surface area contributed by atoms with Crippen LogP contribution in [0.5, 0.6) is 0 Å². The molecule has 0 bridgehead atoms. The summed E-state index contributed by atoms with van der Waals surface area (Å²) in [6.07, 6.45) is 2.50. The van der Waals surface area contributed by atoms with E-state index in [1.54, 1.807) is 13.2 Å². The maximum absolute atomic E-state index is 11.8. The van der Waals surface area contributed by atoms with Gasteiger partial charge >= 0.3 is 0 Å². The average Bonchev–Trinajstić information content (AvgIpc) is 2.82. The van der Waals surface area contributed by atoms with Crippen LogP contribution in [0.1, 0.15) is 18.9 Å². The zero-order valence-electron chi connectivity index (χ0n) is 10.8. The van der Waals surface area contributed by atoms with Gasteiger partial charge in [0.25, 0.3) is 0 Å². The Bertz CT molecular complexity index is 432. The number of aliphatic hydroxyl groups excluding tert-OH is 1. The third-order valence-corrected chi connectivity index (χ3v) is 3.56. The molecule has 1 aliphatic heterocycles. The van der Waals surface area contributed by atoms with E-state index in [1.165, 1.54) is 0 Å². The summed E-state index contributed by atoms with van der Waals surface area (Å²) in [6.45, 7) is 3.49. The Labute approximate surface area is 107 Å². The fourth-order valence-electron chi connectivity index (χ4n) is 2.34. The highest BCUT2D eigenvalue weighted by Gasteiger charge is 2.40. The predicted molar refractivity (Wildman–Crippen MR) is 69.2 cm³/mol. The minimum atomic E-state index is -0.341. The quantitative estimate of drug-likeness (QED) is 0.820. The van der Waals surface area contributed by atoms with Crippen molar-refractivity contribution in [2.24, 2.45) is 5.41 Å². The summed E-state index contributed by atoms with van der Waals surface area (Å²) < 4.78 is 0. The standard InChI is InChI=1S/C13H19N3O2/c1-13(12(18)14-2)5-6-16(9-13)11-4-3-10(8-17)7-15-11/h3-4,7,17H,5-6,8-9H2,1-2H3,(H,14,18). The van der Waals surface area contributed by atoms with Crippen molar-refractivity contribution < 1.29 is 9.90 Å². The molecule has 0 aromatic carbocycles. The van der Waals surface area contributed by atoms with Gasteiger partial charge in [-0.2, -0.15) is 0 Å². The Morgan fingerprint density at radius 3 is 2.94 bits per heavy atom. The first-order valence-corrected chi connectivity index (χ1v) is 6.12. The Balaban J connectivity index is 2.10. The maximum atomic E-state index is 11.8. The van der Waals surface area contributed by atoms with Gasteiger partial charge in [-0.25, -0.2) is 4.98 Å². The van der Waals surface area contributed by atoms with E-state index in [2.05, 4.69) is 15.2 Å². The highest BCUT2D eigenvalue weighted by Crippen LogP contribution is 2.32. The van der Waals surface area contributed by atoms with Crippen LogP contribution in [0.3, 0.4) is 0 Å². The second kappa shape index (κ2) is 4.94. The molecule has 1 aromatic rings. The number of carbonyl (C=O) groups excluding carboxylic acids is 1. The monoisotopic (exact) mass is 249 g/mol. The van der Waals surface area contributed by atoms with Crippen LogP contribution >= 0.6 is 0 Å². The summed E-state index contributed by atoms with van der Waals surface area (Å²) in [4.78, 5) is 18.2. The van der Waals surface area contributed by atoms with E-state index in [1.807, 2.05) is 19.1 Å². The lowest BCUT2D eigenvalue weighted by Crippen LogP contribution is -2.39.